The number of Topliss-reactive ketones (excluding diaryl/α,β-unsaturated/α-hetero) is 1. The molecule has 0 amide bonds. The third-order valence-corrected chi connectivity index (χ3v) is 2.60. The Kier molecular flexibility index (Phi) is 2.05. The van der Waals surface area contributed by atoms with Gasteiger partial charge in [-0.15, -0.1) is 0 Å². The quantitative estimate of drug-likeness (QED) is 0.794. The van der Waals surface area contributed by atoms with Crippen molar-refractivity contribution in [3.8, 4) is 6.07 Å². The fraction of sp³-hybridized carbons (Fsp3) is 0.444. The Morgan fingerprint density at radius 2 is 2.12 bits per heavy atom. The molecule has 1 heterocycles. The third kappa shape index (κ3) is 1.46. The highest BCUT2D eigenvalue weighted by Gasteiger charge is 2.48. The Labute approximate surface area is 88.1 Å². The minimum Gasteiger partial charge on any atom is -0.300 e. The van der Waals surface area contributed by atoms with Crippen LogP contribution >= 0.6 is 0 Å². The Bertz CT molecular complexity index is 475. The fourth-order valence-corrected chi connectivity index (χ4v) is 1.66. The molecule has 4 nitrogen and oxygen atoms in total. The first kappa shape index (κ1) is 10.7. The highest BCUT2D eigenvalue weighted by Crippen LogP contribution is 2.41. The molecule has 1 N–H and O–H groups in total. The molecule has 16 heavy (non-hydrogen) atoms. The normalized spacial score (nSPS) is 19.0. The minimum atomic E-state index is -4.54. The van der Waals surface area contributed by atoms with Gasteiger partial charge in [-0.2, -0.15) is 23.5 Å². The highest BCUT2D eigenvalue weighted by molar-refractivity contribution is 5.89. The van der Waals surface area contributed by atoms with Gasteiger partial charge < -0.3 is 0 Å². The average molecular weight is 229 g/mol. The van der Waals surface area contributed by atoms with Gasteiger partial charge in [-0.1, -0.05) is 0 Å². The van der Waals surface area contributed by atoms with E-state index >= 15 is 0 Å². The van der Waals surface area contributed by atoms with Crippen LogP contribution in [0.15, 0.2) is 6.07 Å². The van der Waals surface area contributed by atoms with Crippen molar-refractivity contribution >= 4 is 5.78 Å². The number of hydrogen-bond acceptors (Lipinski definition) is 3. The van der Waals surface area contributed by atoms with Gasteiger partial charge in [0.15, 0.2) is 5.69 Å². The molecule has 0 bridgehead atoms. The molecular weight excluding hydrogens is 223 g/mol. The van der Waals surface area contributed by atoms with Crippen LogP contribution in [-0.2, 0) is 16.4 Å². The largest absolute Gasteiger partial charge is 0.435 e. The monoisotopic (exact) mass is 229 g/mol. The summed E-state index contributed by atoms with van der Waals surface area (Å²) in [7, 11) is 0. The number of halogens is 3. The van der Waals surface area contributed by atoms with E-state index in [4.69, 9.17) is 5.26 Å². The molecule has 0 aromatic carbocycles. The van der Waals surface area contributed by atoms with E-state index in [0.717, 1.165) is 6.07 Å². The van der Waals surface area contributed by atoms with Gasteiger partial charge in [-0.05, 0) is 6.07 Å². The zero-order valence-corrected chi connectivity index (χ0v) is 7.93. The van der Waals surface area contributed by atoms with Gasteiger partial charge in [-0.25, -0.2) is 0 Å². The predicted molar refractivity (Wildman–Crippen MR) is 45.1 cm³/mol. The van der Waals surface area contributed by atoms with Crippen LogP contribution in [0.5, 0.6) is 0 Å². The number of nitriles is 1. The molecule has 84 valence electrons. The molecular formula is C9H6F3N3O. The van der Waals surface area contributed by atoms with Crippen LogP contribution < -0.4 is 0 Å². The van der Waals surface area contributed by atoms with Crippen molar-refractivity contribution in [1.29, 1.82) is 5.26 Å². The molecule has 0 spiro atoms. The van der Waals surface area contributed by atoms with Crippen LogP contribution in [0.4, 0.5) is 13.2 Å². The zero-order chi connectivity index (χ0) is 12.0. The first-order chi connectivity index (χ1) is 7.37. The van der Waals surface area contributed by atoms with E-state index < -0.39 is 17.3 Å². The van der Waals surface area contributed by atoms with Crippen LogP contribution in [0.2, 0.25) is 0 Å². The lowest BCUT2D eigenvalue weighted by Gasteiger charge is -2.32. The molecule has 0 radical (unpaired) electrons. The first-order valence-electron chi connectivity index (χ1n) is 4.43. The standard InChI is InChI=1S/C9H6F3N3O/c10-9(11,12)7-1-6(14-15-7)8(4-13)2-5(16)3-8/h1H,2-3H2,(H,14,15). The number of nitrogens with one attached hydrogen (secondary N) is 1. The van der Waals surface area contributed by atoms with Crippen molar-refractivity contribution in [3.05, 3.63) is 17.5 Å². The summed E-state index contributed by atoms with van der Waals surface area (Å²) in [6.07, 6.45) is -4.65. The Hall–Kier alpha value is -1.84. The van der Waals surface area contributed by atoms with Crippen LogP contribution in [-0.4, -0.2) is 16.0 Å². The number of H-pyrrole nitrogens is 1. The van der Waals surface area contributed by atoms with E-state index in [1.807, 2.05) is 6.07 Å². The fourth-order valence-electron chi connectivity index (χ4n) is 1.66. The van der Waals surface area contributed by atoms with Crippen molar-refractivity contribution in [2.45, 2.75) is 24.4 Å². The van der Waals surface area contributed by atoms with E-state index in [1.54, 1.807) is 0 Å². The lowest BCUT2D eigenvalue weighted by atomic mass is 9.67. The molecule has 0 unspecified atom stereocenters. The van der Waals surface area contributed by atoms with Crippen molar-refractivity contribution in [3.63, 3.8) is 0 Å². The van der Waals surface area contributed by atoms with Gasteiger partial charge in [0.2, 0.25) is 0 Å². The third-order valence-electron chi connectivity index (χ3n) is 2.60. The average Bonchev–Trinajstić information content (AvgIpc) is 2.60. The molecule has 0 aliphatic heterocycles. The lowest BCUT2D eigenvalue weighted by Crippen LogP contribution is -2.40. The van der Waals surface area contributed by atoms with E-state index in [9.17, 15) is 18.0 Å². The van der Waals surface area contributed by atoms with Gasteiger partial charge in [0.05, 0.1) is 11.8 Å². The van der Waals surface area contributed by atoms with Crippen LogP contribution in [0.3, 0.4) is 0 Å². The van der Waals surface area contributed by atoms with E-state index in [-0.39, 0.29) is 24.3 Å². The molecule has 7 heteroatoms. The number of nitrogens with zero attached hydrogens (tertiary/aromatic N) is 2. The van der Waals surface area contributed by atoms with Crippen molar-refractivity contribution in [2.24, 2.45) is 0 Å². The van der Waals surface area contributed by atoms with Crippen molar-refractivity contribution < 1.29 is 18.0 Å². The zero-order valence-electron chi connectivity index (χ0n) is 7.93. The summed E-state index contributed by atoms with van der Waals surface area (Å²) in [4.78, 5) is 10.8. The molecule has 1 aliphatic rings. The molecule has 1 aliphatic carbocycles. The highest BCUT2D eigenvalue weighted by atomic mass is 19.4. The summed E-state index contributed by atoms with van der Waals surface area (Å²) in [5.74, 6) is -0.135. The van der Waals surface area contributed by atoms with E-state index in [0.29, 0.717) is 0 Å². The second-order valence-electron chi connectivity index (χ2n) is 3.75. The first-order valence-corrected chi connectivity index (χ1v) is 4.43. The number of aromatic nitrogens is 2. The Balaban J connectivity index is 2.33. The van der Waals surface area contributed by atoms with Gasteiger partial charge in [0.25, 0.3) is 0 Å². The summed E-state index contributed by atoms with van der Waals surface area (Å²) in [5.41, 5.74) is -2.16. The molecule has 1 aromatic heterocycles. The summed E-state index contributed by atoms with van der Waals surface area (Å²) in [6.45, 7) is 0. The minimum absolute atomic E-state index is 0.0526. The number of hydrogen-bond donors (Lipinski definition) is 1. The summed E-state index contributed by atoms with van der Waals surface area (Å²) in [5, 5.41) is 14.2. The number of carbonyl (C=O) groups excluding carboxylic acids is 1. The number of alkyl halides is 3. The van der Waals surface area contributed by atoms with E-state index in [1.165, 1.54) is 0 Å². The van der Waals surface area contributed by atoms with Gasteiger partial charge >= 0.3 is 6.18 Å². The molecule has 0 atom stereocenters. The lowest BCUT2D eigenvalue weighted by molar-refractivity contribution is -0.141. The smallest absolute Gasteiger partial charge is 0.300 e. The summed E-state index contributed by atoms with van der Waals surface area (Å²) in [6, 6.07) is 2.65. The maximum atomic E-state index is 12.3. The van der Waals surface area contributed by atoms with Crippen molar-refractivity contribution in [1.82, 2.24) is 10.2 Å². The van der Waals surface area contributed by atoms with E-state index in [2.05, 4.69) is 10.2 Å². The number of aromatic amines is 1. The summed E-state index contributed by atoms with van der Waals surface area (Å²) >= 11 is 0. The van der Waals surface area contributed by atoms with Crippen LogP contribution in [0, 0.1) is 11.3 Å². The van der Waals surface area contributed by atoms with Crippen molar-refractivity contribution in [2.75, 3.05) is 0 Å². The second kappa shape index (κ2) is 3.07. The molecule has 0 saturated heterocycles. The van der Waals surface area contributed by atoms with Crippen LogP contribution in [0.25, 0.3) is 0 Å². The maximum Gasteiger partial charge on any atom is 0.435 e. The van der Waals surface area contributed by atoms with Gasteiger partial charge in [-0.3, -0.25) is 9.89 Å². The SMILES string of the molecule is N#CC1(c2cc(C(F)(F)F)n[nH]2)CC(=O)C1. The van der Waals surface area contributed by atoms with Crippen LogP contribution in [0.1, 0.15) is 24.2 Å². The Morgan fingerprint density at radius 1 is 1.50 bits per heavy atom. The molecule has 1 fully saturated rings. The molecule has 1 saturated carbocycles. The Morgan fingerprint density at radius 3 is 2.50 bits per heavy atom. The molecule has 2 rings (SSSR count). The number of carbonyl (C=O) groups is 1. The summed E-state index contributed by atoms with van der Waals surface area (Å²) < 4.78 is 36.8. The van der Waals surface area contributed by atoms with Gasteiger partial charge in [0.1, 0.15) is 11.2 Å². The maximum absolute atomic E-state index is 12.3. The number of rotatable bonds is 1. The topological polar surface area (TPSA) is 69.5 Å². The predicted octanol–water partition coefficient (Wildman–Crippen LogP) is 1.55. The van der Waals surface area contributed by atoms with Gasteiger partial charge in [0, 0.05) is 12.8 Å². The second-order valence-corrected chi connectivity index (χ2v) is 3.75. The number of ketones is 1. The molecule has 1 aromatic rings.